The van der Waals surface area contributed by atoms with Gasteiger partial charge in [0.15, 0.2) is 0 Å². The molecule has 3 rings (SSSR count). The van der Waals surface area contributed by atoms with Crippen molar-refractivity contribution in [3.8, 4) is 0 Å². The Morgan fingerprint density at radius 2 is 2.05 bits per heavy atom. The SMILES string of the molecule is CN(C)CCN(C(=O)[C@@H]1CCn2ccnc2C1)C1CCCC1. The van der Waals surface area contributed by atoms with Crippen LogP contribution < -0.4 is 0 Å². The maximum atomic E-state index is 13.1. The van der Waals surface area contributed by atoms with Crippen molar-refractivity contribution in [2.75, 3.05) is 27.2 Å². The first-order chi connectivity index (χ1) is 10.6. The number of aryl methyl sites for hydroxylation is 1. The van der Waals surface area contributed by atoms with Gasteiger partial charge in [0.05, 0.1) is 0 Å². The van der Waals surface area contributed by atoms with Gasteiger partial charge in [0, 0.05) is 50.4 Å². The maximum absolute atomic E-state index is 13.1. The average molecular weight is 304 g/mol. The lowest BCUT2D eigenvalue weighted by Crippen LogP contribution is -2.46. The molecule has 0 aromatic carbocycles. The second-order valence-corrected chi connectivity index (χ2v) is 7.00. The molecule has 1 aliphatic carbocycles. The molecule has 5 heteroatoms. The van der Waals surface area contributed by atoms with E-state index in [1.165, 1.54) is 25.7 Å². The Labute approximate surface area is 133 Å². The number of carbonyl (C=O) groups is 1. The highest BCUT2D eigenvalue weighted by Crippen LogP contribution is 2.27. The van der Waals surface area contributed by atoms with Gasteiger partial charge in [-0.1, -0.05) is 12.8 Å². The Hall–Kier alpha value is -1.36. The Kier molecular flexibility index (Phi) is 4.81. The molecule has 1 aromatic rings. The van der Waals surface area contributed by atoms with Crippen LogP contribution in [0.4, 0.5) is 0 Å². The van der Waals surface area contributed by atoms with Crippen LogP contribution in [0.2, 0.25) is 0 Å². The molecule has 0 radical (unpaired) electrons. The van der Waals surface area contributed by atoms with Gasteiger partial charge in [-0.05, 0) is 33.4 Å². The summed E-state index contributed by atoms with van der Waals surface area (Å²) >= 11 is 0. The van der Waals surface area contributed by atoms with Crippen LogP contribution in [0.5, 0.6) is 0 Å². The number of hydrogen-bond acceptors (Lipinski definition) is 3. The van der Waals surface area contributed by atoms with Crippen molar-refractivity contribution in [3.05, 3.63) is 18.2 Å². The maximum Gasteiger partial charge on any atom is 0.226 e. The first-order valence-corrected chi connectivity index (χ1v) is 8.60. The van der Waals surface area contributed by atoms with Crippen molar-refractivity contribution in [1.82, 2.24) is 19.4 Å². The summed E-state index contributed by atoms with van der Waals surface area (Å²) in [5.41, 5.74) is 0. The zero-order valence-corrected chi connectivity index (χ0v) is 13.9. The van der Waals surface area contributed by atoms with E-state index in [1.54, 1.807) is 0 Å². The minimum Gasteiger partial charge on any atom is -0.338 e. The van der Waals surface area contributed by atoms with Crippen LogP contribution in [0.1, 0.15) is 37.9 Å². The van der Waals surface area contributed by atoms with E-state index in [-0.39, 0.29) is 5.92 Å². The third-order valence-electron chi connectivity index (χ3n) is 5.14. The molecule has 0 unspecified atom stereocenters. The van der Waals surface area contributed by atoms with Gasteiger partial charge in [0.1, 0.15) is 5.82 Å². The fourth-order valence-corrected chi connectivity index (χ4v) is 3.79. The van der Waals surface area contributed by atoms with Gasteiger partial charge in [-0.25, -0.2) is 4.98 Å². The summed E-state index contributed by atoms with van der Waals surface area (Å²) in [6.07, 6.45) is 10.5. The summed E-state index contributed by atoms with van der Waals surface area (Å²) in [4.78, 5) is 21.9. The summed E-state index contributed by atoms with van der Waals surface area (Å²) in [6, 6.07) is 0.467. The second kappa shape index (κ2) is 6.82. The van der Waals surface area contributed by atoms with Crippen molar-refractivity contribution < 1.29 is 4.79 Å². The molecule has 0 N–H and O–H groups in total. The Bertz CT molecular complexity index is 505. The number of aromatic nitrogens is 2. The topological polar surface area (TPSA) is 41.4 Å². The third-order valence-corrected chi connectivity index (χ3v) is 5.14. The highest BCUT2D eigenvalue weighted by Gasteiger charge is 2.33. The van der Waals surface area contributed by atoms with E-state index in [0.29, 0.717) is 11.9 Å². The number of carbonyl (C=O) groups excluding carboxylic acids is 1. The van der Waals surface area contributed by atoms with Crippen molar-refractivity contribution in [1.29, 1.82) is 0 Å². The number of rotatable bonds is 5. The van der Waals surface area contributed by atoms with Crippen molar-refractivity contribution >= 4 is 5.91 Å². The first-order valence-electron chi connectivity index (χ1n) is 8.60. The lowest BCUT2D eigenvalue weighted by atomic mass is 9.95. The average Bonchev–Trinajstić information content (AvgIpc) is 3.17. The monoisotopic (exact) mass is 304 g/mol. The Morgan fingerprint density at radius 1 is 1.27 bits per heavy atom. The van der Waals surface area contributed by atoms with Crippen LogP contribution in [0, 0.1) is 5.92 Å². The normalized spacial score (nSPS) is 22.0. The third kappa shape index (κ3) is 3.35. The summed E-state index contributed by atoms with van der Waals surface area (Å²) in [7, 11) is 4.16. The van der Waals surface area contributed by atoms with Crippen LogP contribution in [-0.2, 0) is 17.8 Å². The summed E-state index contributed by atoms with van der Waals surface area (Å²) in [5, 5.41) is 0. The first kappa shape index (κ1) is 15.5. The van der Waals surface area contributed by atoms with Gasteiger partial charge < -0.3 is 14.4 Å². The Balaban J connectivity index is 1.68. The molecule has 0 spiro atoms. The van der Waals surface area contributed by atoms with Crippen LogP contribution in [0.3, 0.4) is 0 Å². The van der Waals surface area contributed by atoms with Gasteiger partial charge in [0.2, 0.25) is 5.91 Å². The molecule has 0 saturated heterocycles. The zero-order valence-electron chi connectivity index (χ0n) is 13.9. The van der Waals surface area contributed by atoms with E-state index in [2.05, 4.69) is 33.4 Å². The van der Waals surface area contributed by atoms with Crippen molar-refractivity contribution in [2.45, 2.75) is 51.1 Å². The molecule has 2 aliphatic rings. The fraction of sp³-hybridized carbons (Fsp3) is 0.765. The van der Waals surface area contributed by atoms with Crippen LogP contribution in [0.15, 0.2) is 12.4 Å². The van der Waals surface area contributed by atoms with Crippen LogP contribution >= 0.6 is 0 Å². The van der Waals surface area contributed by atoms with Gasteiger partial charge >= 0.3 is 0 Å². The quantitative estimate of drug-likeness (QED) is 0.832. The smallest absolute Gasteiger partial charge is 0.226 e. The lowest BCUT2D eigenvalue weighted by molar-refractivity contribution is -0.138. The predicted molar refractivity (Wildman–Crippen MR) is 86.6 cm³/mol. The van der Waals surface area contributed by atoms with Crippen molar-refractivity contribution in [3.63, 3.8) is 0 Å². The largest absolute Gasteiger partial charge is 0.338 e. The number of likely N-dealkylation sites (N-methyl/N-ethyl adjacent to an activating group) is 1. The standard InChI is InChI=1S/C17H28N4O/c1-19(2)11-12-21(15-5-3-4-6-15)17(22)14-7-9-20-10-8-18-16(20)13-14/h8,10,14-15H,3-7,9,11-13H2,1-2H3/t14-/m1/s1. The van der Waals surface area contributed by atoms with E-state index in [0.717, 1.165) is 38.3 Å². The number of hydrogen-bond donors (Lipinski definition) is 0. The molecule has 1 atom stereocenters. The van der Waals surface area contributed by atoms with Crippen LogP contribution in [0.25, 0.3) is 0 Å². The molecule has 1 fully saturated rings. The molecule has 0 bridgehead atoms. The molecule has 22 heavy (non-hydrogen) atoms. The summed E-state index contributed by atoms with van der Waals surface area (Å²) in [5.74, 6) is 1.56. The van der Waals surface area contributed by atoms with Gasteiger partial charge in [-0.15, -0.1) is 0 Å². The fourth-order valence-electron chi connectivity index (χ4n) is 3.79. The Morgan fingerprint density at radius 3 is 2.77 bits per heavy atom. The van der Waals surface area contributed by atoms with Crippen LogP contribution in [-0.4, -0.2) is 58.5 Å². The number of fused-ring (bicyclic) bond motifs is 1. The highest BCUT2D eigenvalue weighted by atomic mass is 16.2. The molecule has 2 heterocycles. The van der Waals surface area contributed by atoms with E-state index < -0.39 is 0 Å². The van der Waals surface area contributed by atoms with E-state index in [4.69, 9.17) is 0 Å². The predicted octanol–water partition coefficient (Wildman–Crippen LogP) is 1.78. The summed E-state index contributed by atoms with van der Waals surface area (Å²) < 4.78 is 2.18. The van der Waals surface area contributed by atoms with Crippen molar-refractivity contribution in [2.24, 2.45) is 5.92 Å². The number of amides is 1. The van der Waals surface area contributed by atoms with Gasteiger partial charge in [-0.2, -0.15) is 0 Å². The summed E-state index contributed by atoms with van der Waals surface area (Å²) in [6.45, 7) is 2.74. The minimum absolute atomic E-state index is 0.123. The molecule has 1 saturated carbocycles. The molecule has 1 aromatic heterocycles. The van der Waals surface area contributed by atoms with Gasteiger partial charge in [0.25, 0.3) is 0 Å². The molecule has 5 nitrogen and oxygen atoms in total. The second-order valence-electron chi connectivity index (χ2n) is 7.00. The minimum atomic E-state index is 0.123. The lowest BCUT2D eigenvalue weighted by Gasteiger charge is -2.34. The zero-order chi connectivity index (χ0) is 15.5. The molecule has 1 aliphatic heterocycles. The van der Waals surface area contributed by atoms with Gasteiger partial charge in [-0.3, -0.25) is 4.79 Å². The van der Waals surface area contributed by atoms with E-state index in [9.17, 15) is 4.79 Å². The number of imidazole rings is 1. The molecule has 122 valence electrons. The molecule has 1 amide bonds. The highest BCUT2D eigenvalue weighted by molar-refractivity contribution is 5.79. The van der Waals surface area contributed by atoms with E-state index >= 15 is 0 Å². The van der Waals surface area contributed by atoms with E-state index in [1.807, 2.05) is 12.4 Å². The number of nitrogens with zero attached hydrogens (tertiary/aromatic N) is 4. The molecular weight excluding hydrogens is 276 g/mol. The molecular formula is C17H28N4O.